The van der Waals surface area contributed by atoms with Crippen LogP contribution in [0.1, 0.15) is 32.9 Å². The van der Waals surface area contributed by atoms with Crippen LogP contribution in [0.25, 0.3) is 10.9 Å². The van der Waals surface area contributed by atoms with Crippen molar-refractivity contribution in [2.75, 3.05) is 13.2 Å². The zero-order valence-electron chi connectivity index (χ0n) is 15.8. The molecule has 1 amide bonds. The summed E-state index contributed by atoms with van der Waals surface area (Å²) in [4.78, 5) is 16.3. The zero-order chi connectivity index (χ0) is 19.4. The van der Waals surface area contributed by atoms with Crippen molar-refractivity contribution in [2.45, 2.75) is 33.3 Å². The SMILES string of the molecule is C=C1COC(=O)NCCC(C)Oc2ccc3[nH]nc(c3c2)C(C=C(C)C)=N1. The van der Waals surface area contributed by atoms with E-state index < -0.39 is 6.09 Å². The highest BCUT2D eigenvalue weighted by atomic mass is 16.5. The molecule has 1 aromatic heterocycles. The lowest BCUT2D eigenvalue weighted by Crippen LogP contribution is -2.29. The van der Waals surface area contributed by atoms with Gasteiger partial charge >= 0.3 is 6.09 Å². The molecule has 0 saturated carbocycles. The summed E-state index contributed by atoms with van der Waals surface area (Å²) in [5.41, 5.74) is 3.74. The largest absolute Gasteiger partial charge is 0.491 e. The molecule has 2 N–H and O–H groups in total. The minimum atomic E-state index is -0.500. The van der Waals surface area contributed by atoms with E-state index >= 15 is 0 Å². The molecule has 1 atom stereocenters. The van der Waals surface area contributed by atoms with Crippen LogP contribution in [0.2, 0.25) is 0 Å². The Morgan fingerprint density at radius 1 is 1.37 bits per heavy atom. The number of amides is 1. The molecule has 3 rings (SSSR count). The number of aromatic amines is 1. The third-order valence-corrected chi connectivity index (χ3v) is 4.01. The molecule has 1 unspecified atom stereocenters. The van der Waals surface area contributed by atoms with Gasteiger partial charge in [-0.1, -0.05) is 12.2 Å². The Morgan fingerprint density at radius 2 is 2.19 bits per heavy atom. The summed E-state index contributed by atoms with van der Waals surface area (Å²) in [6.45, 7) is 10.3. The van der Waals surface area contributed by atoms with Gasteiger partial charge in [0.25, 0.3) is 0 Å². The molecule has 7 heteroatoms. The van der Waals surface area contributed by atoms with Crippen LogP contribution >= 0.6 is 0 Å². The second-order valence-electron chi connectivity index (χ2n) is 6.78. The Morgan fingerprint density at radius 3 is 2.96 bits per heavy atom. The van der Waals surface area contributed by atoms with Crippen molar-refractivity contribution in [2.24, 2.45) is 4.99 Å². The van der Waals surface area contributed by atoms with Crippen LogP contribution in [0.4, 0.5) is 4.79 Å². The van der Waals surface area contributed by atoms with Crippen LogP contribution in [0, 0.1) is 0 Å². The molecule has 0 spiro atoms. The van der Waals surface area contributed by atoms with Crippen molar-refractivity contribution in [3.8, 4) is 5.75 Å². The van der Waals surface area contributed by atoms with Crippen molar-refractivity contribution >= 4 is 22.7 Å². The Kier molecular flexibility index (Phi) is 5.59. The van der Waals surface area contributed by atoms with E-state index in [-0.39, 0.29) is 12.7 Å². The number of hydrogen-bond acceptors (Lipinski definition) is 5. The monoisotopic (exact) mass is 368 g/mol. The summed E-state index contributed by atoms with van der Waals surface area (Å²) in [6.07, 6.45) is 2.02. The standard InChI is InChI=1S/C20H24N4O3/c1-12(2)9-18-19-16-10-15(5-6-17(16)23-24-19)27-14(4)7-8-21-20(25)26-11-13(3)22-18/h5-6,9-10,14H,3,7-8,11H2,1-2,4H3,(H,21,25)(H,23,24). The molecular weight excluding hydrogens is 344 g/mol. The summed E-state index contributed by atoms with van der Waals surface area (Å²) in [7, 11) is 0. The number of fused-ring (bicyclic) bond motifs is 1. The molecule has 142 valence electrons. The smallest absolute Gasteiger partial charge is 0.407 e. The van der Waals surface area contributed by atoms with Crippen LogP contribution in [-0.4, -0.2) is 41.3 Å². The quantitative estimate of drug-likeness (QED) is 0.803. The maximum absolute atomic E-state index is 11.8. The van der Waals surface area contributed by atoms with Crippen LogP contribution in [-0.2, 0) is 4.74 Å². The van der Waals surface area contributed by atoms with Gasteiger partial charge in [0.1, 0.15) is 18.1 Å². The Hall–Kier alpha value is -3.09. The van der Waals surface area contributed by atoms with Gasteiger partial charge in [0.05, 0.1) is 23.0 Å². The molecule has 0 saturated heterocycles. The molecule has 27 heavy (non-hydrogen) atoms. The fraction of sp³-hybridized carbons (Fsp3) is 0.350. The van der Waals surface area contributed by atoms with Crippen LogP contribution in [0.3, 0.4) is 0 Å². The van der Waals surface area contributed by atoms with E-state index in [9.17, 15) is 4.79 Å². The number of aliphatic imine (C=N–C) groups is 1. The van der Waals surface area contributed by atoms with Crippen molar-refractivity contribution in [1.82, 2.24) is 15.5 Å². The fourth-order valence-electron chi connectivity index (χ4n) is 2.76. The third-order valence-electron chi connectivity index (χ3n) is 4.01. The minimum absolute atomic E-state index is 0.00555. The molecular formula is C20H24N4O3. The number of aromatic nitrogens is 2. The van der Waals surface area contributed by atoms with Crippen LogP contribution in [0.15, 0.2) is 47.1 Å². The first-order valence-corrected chi connectivity index (χ1v) is 8.89. The number of rotatable bonds is 1. The number of H-pyrrole nitrogens is 1. The number of cyclic esters (lactones) is 1. The van der Waals surface area contributed by atoms with Crippen molar-refractivity contribution in [3.63, 3.8) is 0 Å². The number of hydrogen-bond donors (Lipinski definition) is 2. The van der Waals surface area contributed by atoms with E-state index in [2.05, 4.69) is 27.1 Å². The van der Waals surface area contributed by atoms with Crippen LogP contribution < -0.4 is 10.1 Å². The first-order valence-electron chi connectivity index (χ1n) is 8.89. The number of alkyl carbamates (subject to hydrolysis) is 1. The maximum Gasteiger partial charge on any atom is 0.407 e. The topological polar surface area (TPSA) is 88.6 Å². The van der Waals surface area contributed by atoms with Crippen LogP contribution in [0.5, 0.6) is 5.75 Å². The highest BCUT2D eigenvalue weighted by Crippen LogP contribution is 2.25. The molecule has 1 aromatic carbocycles. The van der Waals surface area contributed by atoms with Crippen molar-refractivity contribution < 1.29 is 14.3 Å². The van der Waals surface area contributed by atoms with E-state index in [0.29, 0.717) is 30.1 Å². The first-order chi connectivity index (χ1) is 12.9. The fourth-order valence-corrected chi connectivity index (χ4v) is 2.76. The molecule has 1 aliphatic rings. The first kappa shape index (κ1) is 18.7. The lowest BCUT2D eigenvalue weighted by molar-refractivity contribution is 0.152. The van der Waals surface area contributed by atoms with E-state index in [0.717, 1.165) is 22.2 Å². The molecule has 2 aromatic rings. The minimum Gasteiger partial charge on any atom is -0.491 e. The summed E-state index contributed by atoms with van der Waals surface area (Å²) in [5.74, 6) is 0.741. The van der Waals surface area contributed by atoms with Gasteiger partial charge in [0, 0.05) is 18.4 Å². The number of nitrogens with one attached hydrogen (secondary N) is 2. The van der Waals surface area contributed by atoms with Gasteiger partial charge in [-0.2, -0.15) is 5.10 Å². The molecule has 2 heterocycles. The lowest BCUT2D eigenvalue weighted by atomic mass is 10.1. The predicted octanol–water partition coefficient (Wildman–Crippen LogP) is 3.73. The van der Waals surface area contributed by atoms with E-state index in [1.807, 2.05) is 45.0 Å². The van der Waals surface area contributed by atoms with Gasteiger partial charge < -0.3 is 14.8 Å². The normalized spacial score (nSPS) is 18.6. The number of carbonyl (C=O) groups excluding carboxylic acids is 1. The number of nitrogens with zero attached hydrogens (tertiary/aromatic N) is 2. The Balaban J connectivity index is 2.08. The summed E-state index contributed by atoms with van der Waals surface area (Å²) in [6, 6.07) is 5.79. The van der Waals surface area contributed by atoms with Gasteiger partial charge in [0.15, 0.2) is 0 Å². The maximum atomic E-state index is 11.8. The van der Waals surface area contributed by atoms with Crippen molar-refractivity contribution in [3.05, 3.63) is 47.8 Å². The highest BCUT2D eigenvalue weighted by molar-refractivity contribution is 6.15. The van der Waals surface area contributed by atoms with Crippen molar-refractivity contribution in [1.29, 1.82) is 0 Å². The summed E-state index contributed by atoms with van der Waals surface area (Å²) < 4.78 is 11.2. The van der Waals surface area contributed by atoms with Gasteiger partial charge in [-0.05, 0) is 45.0 Å². The average molecular weight is 368 g/mol. The Labute approximate surface area is 158 Å². The molecule has 7 nitrogen and oxygen atoms in total. The summed E-state index contributed by atoms with van der Waals surface area (Å²) in [5, 5.41) is 11.1. The van der Waals surface area contributed by atoms with Gasteiger partial charge in [-0.3, -0.25) is 5.10 Å². The third kappa shape index (κ3) is 4.75. The second-order valence-corrected chi connectivity index (χ2v) is 6.78. The predicted molar refractivity (Wildman–Crippen MR) is 105 cm³/mol. The second kappa shape index (κ2) is 8.07. The van der Waals surface area contributed by atoms with E-state index in [1.165, 1.54) is 0 Å². The molecule has 2 bridgehead atoms. The molecule has 1 aliphatic heterocycles. The highest BCUT2D eigenvalue weighted by Gasteiger charge is 2.15. The number of allylic oxidation sites excluding steroid dienone is 2. The number of ether oxygens (including phenoxy) is 2. The molecule has 0 radical (unpaired) electrons. The molecule has 0 fully saturated rings. The van der Waals surface area contributed by atoms with E-state index in [4.69, 9.17) is 9.47 Å². The van der Waals surface area contributed by atoms with Gasteiger partial charge in [0.2, 0.25) is 0 Å². The zero-order valence-corrected chi connectivity index (χ0v) is 15.8. The summed E-state index contributed by atoms with van der Waals surface area (Å²) >= 11 is 0. The number of benzene rings is 1. The Bertz CT molecular complexity index is 922. The number of carbonyl (C=O) groups is 1. The van der Waals surface area contributed by atoms with E-state index in [1.54, 1.807) is 0 Å². The lowest BCUT2D eigenvalue weighted by Gasteiger charge is -2.15. The molecule has 0 aliphatic carbocycles. The van der Waals surface area contributed by atoms with Gasteiger partial charge in [-0.15, -0.1) is 0 Å². The van der Waals surface area contributed by atoms with Gasteiger partial charge in [-0.25, -0.2) is 9.79 Å². The average Bonchev–Trinajstić information content (AvgIpc) is 3.01.